The molecule has 0 aliphatic carbocycles. The molecule has 1 atom stereocenters. The lowest BCUT2D eigenvalue weighted by molar-refractivity contribution is -0.167. The smallest absolute Gasteiger partial charge is 0.306 e. The van der Waals surface area contributed by atoms with Crippen molar-refractivity contribution in [2.75, 3.05) is 13.2 Å². The van der Waals surface area contributed by atoms with Crippen LogP contribution in [0.3, 0.4) is 0 Å². The van der Waals surface area contributed by atoms with Gasteiger partial charge in [-0.15, -0.1) is 0 Å². The summed E-state index contributed by atoms with van der Waals surface area (Å²) in [6.45, 7) is 6.58. The van der Waals surface area contributed by atoms with Gasteiger partial charge in [0.15, 0.2) is 6.10 Å². The number of esters is 3. The molecule has 0 N–H and O–H groups in total. The van der Waals surface area contributed by atoms with Crippen LogP contribution >= 0.6 is 0 Å². The number of unbranched alkanes of at least 4 members (excludes halogenated alkanes) is 31. The van der Waals surface area contributed by atoms with E-state index in [9.17, 15) is 14.4 Å². The number of hydrogen-bond acceptors (Lipinski definition) is 6. The summed E-state index contributed by atoms with van der Waals surface area (Å²) in [5, 5.41) is 0. The van der Waals surface area contributed by atoms with Crippen molar-refractivity contribution in [3.8, 4) is 0 Å². The normalized spacial score (nSPS) is 12.5. The molecule has 0 aliphatic rings. The third-order valence-corrected chi connectivity index (χ3v) is 12.5. The molecule has 0 fully saturated rings. The third kappa shape index (κ3) is 53.9. The largest absolute Gasteiger partial charge is 0.462 e. The molecule has 1 unspecified atom stereocenters. The maximum absolute atomic E-state index is 12.8. The summed E-state index contributed by atoms with van der Waals surface area (Å²) < 4.78 is 16.9. The number of carbonyl (C=O) groups excluding carboxylic acids is 3. The second-order valence-electron chi connectivity index (χ2n) is 19.2. The number of hydrogen-bond donors (Lipinski definition) is 0. The van der Waals surface area contributed by atoms with Gasteiger partial charge in [-0.25, -0.2) is 0 Å². The molecule has 0 aromatic rings. The first kappa shape index (κ1) is 64.1. The quantitative estimate of drug-likeness (QED) is 0.0262. The predicted octanol–water partition coefficient (Wildman–Crippen LogP) is 19.2. The summed E-state index contributed by atoms with van der Waals surface area (Å²) in [6.07, 6.45) is 69.2. The highest BCUT2D eigenvalue weighted by Crippen LogP contribution is 2.15. The van der Waals surface area contributed by atoms with Gasteiger partial charge in [-0.2, -0.15) is 0 Å². The van der Waals surface area contributed by atoms with Gasteiger partial charge in [-0.1, -0.05) is 223 Å². The zero-order chi connectivity index (χ0) is 48.6. The molecule has 0 saturated carbocycles. The van der Waals surface area contributed by atoms with Crippen LogP contribution in [-0.4, -0.2) is 37.2 Å². The van der Waals surface area contributed by atoms with E-state index >= 15 is 0 Å². The molecule has 0 rings (SSSR count). The van der Waals surface area contributed by atoms with E-state index in [4.69, 9.17) is 14.2 Å². The molecule has 0 radical (unpaired) electrons. The summed E-state index contributed by atoms with van der Waals surface area (Å²) >= 11 is 0. The van der Waals surface area contributed by atoms with Gasteiger partial charge in [0.1, 0.15) is 13.2 Å². The fraction of sp³-hybridized carbons (Fsp3) is 0.787. The number of ether oxygens (including phenoxy) is 3. The highest BCUT2D eigenvalue weighted by atomic mass is 16.6. The Morgan fingerprint density at radius 2 is 0.537 bits per heavy atom. The molecule has 6 heteroatoms. The molecule has 0 bridgehead atoms. The molecule has 0 spiro atoms. The Morgan fingerprint density at radius 1 is 0.299 bits per heavy atom. The van der Waals surface area contributed by atoms with Crippen molar-refractivity contribution in [2.24, 2.45) is 0 Å². The van der Waals surface area contributed by atoms with Crippen LogP contribution in [0.25, 0.3) is 0 Å². The lowest BCUT2D eigenvalue weighted by Gasteiger charge is -2.18. The SMILES string of the molecule is CCCCC/C=C\C/C=C\CCCCCCCCCCCC(=O)OCC(COC(=O)CCCCCCC/C=C\CCCCCC)OC(=O)CCCCCCCCC/C=C\C/C=C\CCCCC. The van der Waals surface area contributed by atoms with E-state index in [0.29, 0.717) is 19.3 Å². The summed E-state index contributed by atoms with van der Waals surface area (Å²) in [4.78, 5) is 38.1. The minimum atomic E-state index is -0.783. The monoisotopic (exact) mass is 937 g/mol. The van der Waals surface area contributed by atoms with Gasteiger partial charge >= 0.3 is 17.9 Å². The average Bonchev–Trinajstić information content (AvgIpc) is 3.33. The van der Waals surface area contributed by atoms with Crippen LogP contribution in [0.2, 0.25) is 0 Å². The number of carbonyl (C=O) groups is 3. The highest BCUT2D eigenvalue weighted by Gasteiger charge is 2.19. The van der Waals surface area contributed by atoms with Crippen molar-refractivity contribution < 1.29 is 28.6 Å². The van der Waals surface area contributed by atoms with Gasteiger partial charge in [0.25, 0.3) is 0 Å². The minimum absolute atomic E-state index is 0.0814. The van der Waals surface area contributed by atoms with Crippen molar-refractivity contribution in [3.05, 3.63) is 60.8 Å². The summed E-state index contributed by atoms with van der Waals surface area (Å²) in [5.74, 6) is -0.892. The first-order valence-corrected chi connectivity index (χ1v) is 28.8. The molecule has 0 saturated heterocycles. The van der Waals surface area contributed by atoms with Gasteiger partial charge in [0.05, 0.1) is 0 Å². The summed E-state index contributed by atoms with van der Waals surface area (Å²) in [6, 6.07) is 0. The highest BCUT2D eigenvalue weighted by molar-refractivity contribution is 5.71. The Balaban J connectivity index is 4.37. The molecular weight excluding hydrogens is 829 g/mol. The Morgan fingerprint density at radius 3 is 0.866 bits per heavy atom. The van der Waals surface area contributed by atoms with E-state index in [2.05, 4.69) is 81.5 Å². The van der Waals surface area contributed by atoms with Crippen molar-refractivity contribution in [3.63, 3.8) is 0 Å². The first-order chi connectivity index (χ1) is 33.0. The molecule has 388 valence electrons. The number of allylic oxidation sites excluding steroid dienone is 10. The van der Waals surface area contributed by atoms with Gasteiger partial charge in [0.2, 0.25) is 0 Å². The van der Waals surface area contributed by atoms with Crippen molar-refractivity contribution in [1.82, 2.24) is 0 Å². The van der Waals surface area contributed by atoms with E-state index < -0.39 is 6.10 Å². The van der Waals surface area contributed by atoms with E-state index in [1.165, 1.54) is 167 Å². The van der Waals surface area contributed by atoms with Gasteiger partial charge in [-0.05, 0) is 109 Å². The maximum atomic E-state index is 12.8. The Hall–Kier alpha value is -2.89. The predicted molar refractivity (Wildman–Crippen MR) is 288 cm³/mol. The lowest BCUT2D eigenvalue weighted by Crippen LogP contribution is -2.30. The van der Waals surface area contributed by atoms with E-state index in [0.717, 1.165) is 83.5 Å². The maximum Gasteiger partial charge on any atom is 0.306 e. The zero-order valence-corrected chi connectivity index (χ0v) is 44.4. The lowest BCUT2D eigenvalue weighted by atomic mass is 10.1. The Labute approximate surface area is 415 Å². The molecule has 6 nitrogen and oxygen atoms in total. The van der Waals surface area contributed by atoms with E-state index in [1.807, 2.05) is 0 Å². The summed E-state index contributed by atoms with van der Waals surface area (Å²) in [7, 11) is 0. The topological polar surface area (TPSA) is 78.9 Å². The van der Waals surface area contributed by atoms with Gasteiger partial charge in [0, 0.05) is 19.3 Å². The van der Waals surface area contributed by atoms with E-state index in [-0.39, 0.29) is 31.1 Å². The standard InChI is InChI=1S/C61H108O6/c1-4-7-10-13-16-19-22-25-27-29-30-32-33-36-39-42-45-48-51-54-60(63)66-57-58(56-65-59(62)53-50-47-44-41-38-35-24-21-18-15-12-9-6-3)67-61(64)55-52-49-46-43-40-37-34-31-28-26-23-20-17-14-11-8-5-2/h16-17,19-21,24-28,58H,4-15,18,22-23,29-57H2,1-3H3/b19-16-,20-17-,24-21-,27-25-,28-26-. The molecule has 0 heterocycles. The molecule has 0 aromatic carbocycles. The molecule has 67 heavy (non-hydrogen) atoms. The number of rotatable bonds is 52. The molecule has 0 aliphatic heterocycles. The van der Waals surface area contributed by atoms with Crippen LogP contribution in [0.1, 0.15) is 290 Å². The van der Waals surface area contributed by atoms with Crippen molar-refractivity contribution >= 4 is 17.9 Å². The van der Waals surface area contributed by atoms with Crippen molar-refractivity contribution in [2.45, 2.75) is 297 Å². The second kappa shape index (κ2) is 55.7. The second-order valence-corrected chi connectivity index (χ2v) is 19.2. The zero-order valence-electron chi connectivity index (χ0n) is 44.4. The van der Waals surface area contributed by atoms with Crippen molar-refractivity contribution in [1.29, 1.82) is 0 Å². The minimum Gasteiger partial charge on any atom is -0.462 e. The third-order valence-electron chi connectivity index (χ3n) is 12.5. The molecular formula is C61H108O6. The Bertz CT molecular complexity index is 1210. The van der Waals surface area contributed by atoms with Crippen LogP contribution in [-0.2, 0) is 28.6 Å². The average molecular weight is 938 g/mol. The van der Waals surface area contributed by atoms with Gasteiger partial charge < -0.3 is 14.2 Å². The summed E-state index contributed by atoms with van der Waals surface area (Å²) in [5.41, 5.74) is 0. The molecule has 0 aromatic heterocycles. The van der Waals surface area contributed by atoms with Crippen LogP contribution in [0.15, 0.2) is 60.8 Å². The van der Waals surface area contributed by atoms with Gasteiger partial charge in [-0.3, -0.25) is 14.4 Å². The van der Waals surface area contributed by atoms with E-state index in [1.54, 1.807) is 0 Å². The molecule has 0 amide bonds. The van der Waals surface area contributed by atoms with Crippen LogP contribution in [0, 0.1) is 0 Å². The van der Waals surface area contributed by atoms with Crippen LogP contribution < -0.4 is 0 Å². The van der Waals surface area contributed by atoms with Crippen LogP contribution in [0.5, 0.6) is 0 Å². The fourth-order valence-electron chi connectivity index (χ4n) is 8.09. The first-order valence-electron chi connectivity index (χ1n) is 28.8. The van der Waals surface area contributed by atoms with Crippen LogP contribution in [0.4, 0.5) is 0 Å². The fourth-order valence-corrected chi connectivity index (χ4v) is 8.09. The Kier molecular flexibility index (Phi) is 53.3.